The van der Waals surface area contributed by atoms with Gasteiger partial charge in [-0.15, -0.1) is 13.2 Å². The van der Waals surface area contributed by atoms with E-state index in [0.717, 1.165) is 57.3 Å². The lowest BCUT2D eigenvalue weighted by Gasteiger charge is -2.37. The van der Waals surface area contributed by atoms with Crippen molar-refractivity contribution in [3.8, 4) is 17.1 Å². The summed E-state index contributed by atoms with van der Waals surface area (Å²) in [6.45, 7) is 7.13. The van der Waals surface area contributed by atoms with Crippen LogP contribution in [0, 0.1) is 5.41 Å². The number of amides is 1. The Balaban J connectivity index is 1.31. The van der Waals surface area contributed by atoms with Crippen molar-refractivity contribution in [2.75, 3.05) is 23.3 Å². The van der Waals surface area contributed by atoms with Crippen LogP contribution in [0.1, 0.15) is 52.9 Å². The lowest BCUT2D eigenvalue weighted by Crippen LogP contribution is -2.43. The number of rotatable bonds is 6. The second kappa shape index (κ2) is 11.6. The minimum Gasteiger partial charge on any atom is -0.444 e. The van der Waals surface area contributed by atoms with E-state index in [-0.39, 0.29) is 29.1 Å². The number of alkyl carbamates (subject to hydrolysis) is 1. The summed E-state index contributed by atoms with van der Waals surface area (Å²) in [5, 5.41) is 6.02. The Hall–Kier alpha value is -4.16. The summed E-state index contributed by atoms with van der Waals surface area (Å²) in [5.74, 6) is 1.26. The van der Waals surface area contributed by atoms with E-state index in [1.54, 1.807) is 24.5 Å². The number of alkyl halides is 3. The number of pyridine rings is 2. The Morgan fingerprint density at radius 1 is 1.05 bits per heavy atom. The molecule has 1 amide bonds. The number of aromatic nitrogens is 4. The molecular formula is C29H34F3N7O3. The minimum atomic E-state index is -4.81. The third-order valence-electron chi connectivity index (χ3n) is 7.38. The molecule has 2 N–H and O–H groups in total. The van der Waals surface area contributed by atoms with Gasteiger partial charge in [0, 0.05) is 55.4 Å². The van der Waals surface area contributed by atoms with Gasteiger partial charge in [0.25, 0.3) is 0 Å². The van der Waals surface area contributed by atoms with Gasteiger partial charge in [-0.2, -0.15) is 0 Å². The summed E-state index contributed by atoms with van der Waals surface area (Å²) >= 11 is 0. The van der Waals surface area contributed by atoms with Crippen molar-refractivity contribution in [3.05, 3.63) is 48.9 Å². The molecule has 42 heavy (non-hydrogen) atoms. The maximum absolute atomic E-state index is 12.7. The van der Waals surface area contributed by atoms with Gasteiger partial charge >= 0.3 is 12.5 Å². The Morgan fingerprint density at radius 3 is 2.52 bits per heavy atom. The van der Waals surface area contributed by atoms with Crippen molar-refractivity contribution in [2.45, 2.75) is 70.9 Å². The molecule has 0 radical (unpaired) electrons. The third-order valence-corrected chi connectivity index (χ3v) is 7.38. The number of carbonyl (C=O) groups is 1. The third kappa shape index (κ3) is 7.77. The first-order chi connectivity index (χ1) is 19.8. The van der Waals surface area contributed by atoms with E-state index in [9.17, 15) is 18.0 Å². The summed E-state index contributed by atoms with van der Waals surface area (Å²) in [6, 6.07) is 7.77. The van der Waals surface area contributed by atoms with Crippen LogP contribution in [0.3, 0.4) is 0 Å². The molecule has 224 valence electrons. The molecule has 0 bridgehead atoms. The van der Waals surface area contributed by atoms with Crippen LogP contribution in [-0.4, -0.2) is 57.1 Å². The number of nitrogens with zero attached hydrogens (tertiary/aromatic N) is 5. The highest BCUT2D eigenvalue weighted by molar-refractivity contribution is 5.68. The molecule has 1 spiro atoms. The van der Waals surface area contributed by atoms with Gasteiger partial charge in [-0.1, -0.05) is 0 Å². The molecule has 10 nitrogen and oxygen atoms in total. The maximum Gasteiger partial charge on any atom is 0.573 e. The van der Waals surface area contributed by atoms with Crippen molar-refractivity contribution in [1.29, 1.82) is 0 Å². The Labute approximate surface area is 242 Å². The van der Waals surface area contributed by atoms with Gasteiger partial charge in [-0.25, -0.2) is 19.7 Å². The minimum absolute atomic E-state index is 0.0798. The molecule has 0 unspecified atom stereocenters. The SMILES string of the molecule is CC(C)(C)OC(=O)NC1CCC2(CC1)CCN(c1cc(Nc3cc(OC(F)(F)F)ccn3)nc(-c3cccnc3)n1)C2. The molecule has 2 aliphatic rings. The number of halogens is 3. The van der Waals surface area contributed by atoms with Crippen LogP contribution in [0.5, 0.6) is 5.75 Å². The molecule has 1 aliphatic carbocycles. The van der Waals surface area contributed by atoms with Crippen molar-refractivity contribution in [3.63, 3.8) is 0 Å². The van der Waals surface area contributed by atoms with Crippen LogP contribution in [0.4, 0.5) is 35.4 Å². The standard InChI is InChI=1S/C29H34F3N7O3/c1-27(2,3)42-26(40)35-20-6-9-28(10-7-20)11-14-39(18-28)24-16-23(37-25(38-24)19-5-4-12-33-17-19)36-22-15-21(8-13-34-22)41-29(30,31)32/h4-5,8,12-13,15-17,20H,6-7,9-11,14,18H2,1-3H3,(H,35,40)(H,34,36,37,38). The molecule has 1 saturated carbocycles. The van der Waals surface area contributed by atoms with E-state index in [1.165, 1.54) is 6.20 Å². The van der Waals surface area contributed by atoms with E-state index in [1.807, 2.05) is 26.8 Å². The number of ether oxygens (including phenoxy) is 2. The average Bonchev–Trinajstić information content (AvgIpc) is 3.32. The van der Waals surface area contributed by atoms with E-state index < -0.39 is 12.0 Å². The van der Waals surface area contributed by atoms with Crippen molar-refractivity contribution < 1.29 is 27.4 Å². The molecule has 13 heteroatoms. The van der Waals surface area contributed by atoms with Crippen LogP contribution in [-0.2, 0) is 4.74 Å². The molecule has 4 heterocycles. The average molecular weight is 586 g/mol. The predicted octanol–water partition coefficient (Wildman–Crippen LogP) is 6.24. The zero-order valence-corrected chi connectivity index (χ0v) is 23.7. The van der Waals surface area contributed by atoms with Crippen LogP contribution in [0.15, 0.2) is 48.9 Å². The molecule has 1 aliphatic heterocycles. The Morgan fingerprint density at radius 2 is 1.83 bits per heavy atom. The highest BCUT2D eigenvalue weighted by Crippen LogP contribution is 2.45. The fourth-order valence-electron chi connectivity index (χ4n) is 5.48. The van der Waals surface area contributed by atoms with Gasteiger partial charge in [0.15, 0.2) is 5.82 Å². The summed E-state index contributed by atoms with van der Waals surface area (Å²) < 4.78 is 47.7. The number of carbonyl (C=O) groups excluding carboxylic acids is 1. The largest absolute Gasteiger partial charge is 0.573 e. The predicted molar refractivity (Wildman–Crippen MR) is 150 cm³/mol. The van der Waals surface area contributed by atoms with Crippen molar-refractivity contribution in [2.24, 2.45) is 5.41 Å². The van der Waals surface area contributed by atoms with Gasteiger partial charge in [-0.3, -0.25) is 4.98 Å². The molecule has 1 saturated heterocycles. The Kier molecular flexibility index (Phi) is 8.11. The van der Waals surface area contributed by atoms with E-state index in [2.05, 4.69) is 35.2 Å². The summed E-state index contributed by atoms with van der Waals surface area (Å²) in [7, 11) is 0. The topological polar surface area (TPSA) is 114 Å². The molecule has 3 aromatic heterocycles. The van der Waals surface area contributed by atoms with Crippen LogP contribution in [0.2, 0.25) is 0 Å². The molecule has 0 atom stereocenters. The first kappa shape index (κ1) is 29.3. The van der Waals surface area contributed by atoms with E-state index >= 15 is 0 Å². The van der Waals surface area contributed by atoms with E-state index in [4.69, 9.17) is 9.72 Å². The van der Waals surface area contributed by atoms with Crippen LogP contribution < -0.4 is 20.3 Å². The number of anilines is 3. The second-order valence-electron chi connectivity index (χ2n) is 11.8. The van der Waals surface area contributed by atoms with Gasteiger partial charge in [-0.05, 0) is 76.5 Å². The maximum atomic E-state index is 12.7. The highest BCUT2D eigenvalue weighted by atomic mass is 19.4. The summed E-state index contributed by atoms with van der Waals surface area (Å²) in [4.78, 5) is 32.2. The monoisotopic (exact) mass is 585 g/mol. The molecule has 3 aromatic rings. The van der Waals surface area contributed by atoms with Gasteiger partial charge in [0.2, 0.25) is 0 Å². The number of hydrogen-bond acceptors (Lipinski definition) is 9. The molecule has 5 rings (SSSR count). The van der Waals surface area contributed by atoms with Crippen LogP contribution >= 0.6 is 0 Å². The fraction of sp³-hybridized carbons (Fsp3) is 0.483. The lowest BCUT2D eigenvalue weighted by atomic mass is 9.72. The first-order valence-corrected chi connectivity index (χ1v) is 13.9. The van der Waals surface area contributed by atoms with Crippen molar-refractivity contribution in [1.82, 2.24) is 25.3 Å². The van der Waals surface area contributed by atoms with Gasteiger partial charge < -0.3 is 25.0 Å². The smallest absolute Gasteiger partial charge is 0.444 e. The zero-order valence-electron chi connectivity index (χ0n) is 23.7. The molecule has 2 fully saturated rings. The normalized spacial score (nSPS) is 20.8. The molecular weight excluding hydrogens is 551 g/mol. The summed E-state index contributed by atoms with van der Waals surface area (Å²) in [5.41, 5.74) is 0.262. The van der Waals surface area contributed by atoms with E-state index in [0.29, 0.717) is 23.0 Å². The quantitative estimate of drug-likeness (QED) is 0.347. The highest BCUT2D eigenvalue weighted by Gasteiger charge is 2.42. The number of hydrogen-bond donors (Lipinski definition) is 2. The summed E-state index contributed by atoms with van der Waals surface area (Å²) in [6.07, 6.45) is 3.99. The second-order valence-corrected chi connectivity index (χ2v) is 11.8. The van der Waals surface area contributed by atoms with Gasteiger partial charge in [0.05, 0.1) is 0 Å². The first-order valence-electron chi connectivity index (χ1n) is 13.9. The fourth-order valence-corrected chi connectivity index (χ4v) is 5.48. The van der Waals surface area contributed by atoms with Gasteiger partial charge in [0.1, 0.15) is 28.8 Å². The Bertz CT molecular complexity index is 1390. The molecule has 0 aromatic carbocycles. The number of nitrogens with one attached hydrogen (secondary N) is 2. The van der Waals surface area contributed by atoms with Crippen LogP contribution in [0.25, 0.3) is 11.4 Å². The zero-order chi connectivity index (χ0) is 30.0. The lowest BCUT2D eigenvalue weighted by molar-refractivity contribution is -0.274. The van der Waals surface area contributed by atoms with Crippen molar-refractivity contribution >= 4 is 23.5 Å².